The Kier molecular flexibility index (Phi) is 3.76. The average Bonchev–Trinajstić information content (AvgIpc) is 3.36. The number of ether oxygens (including phenoxy) is 3. The first-order chi connectivity index (χ1) is 11.2. The van der Waals surface area contributed by atoms with Crippen molar-refractivity contribution in [3.05, 3.63) is 29.3 Å². The summed E-state index contributed by atoms with van der Waals surface area (Å²) in [4.78, 5) is 12.0. The lowest BCUT2D eigenvalue weighted by molar-refractivity contribution is -0.149. The molecule has 4 rings (SSSR count). The van der Waals surface area contributed by atoms with Gasteiger partial charge >= 0.3 is 5.97 Å². The summed E-state index contributed by atoms with van der Waals surface area (Å²) in [5, 5.41) is 0. The molecule has 2 aliphatic heterocycles. The summed E-state index contributed by atoms with van der Waals surface area (Å²) >= 11 is 0. The molecule has 0 amide bonds. The third-order valence-corrected chi connectivity index (χ3v) is 4.88. The number of carbonyl (C=O) groups is 1. The molecule has 0 N–H and O–H groups in total. The van der Waals surface area contributed by atoms with Gasteiger partial charge in [-0.2, -0.15) is 0 Å². The quantitative estimate of drug-likeness (QED) is 0.801. The van der Waals surface area contributed by atoms with Gasteiger partial charge in [0.15, 0.2) is 11.5 Å². The summed E-state index contributed by atoms with van der Waals surface area (Å²) in [6, 6.07) is 4.09. The first kappa shape index (κ1) is 14.6. The molecule has 1 saturated carbocycles. The Bertz CT molecular complexity index is 645. The molecule has 1 aromatic carbocycles. The van der Waals surface area contributed by atoms with Gasteiger partial charge in [-0.15, -0.1) is 0 Å². The number of methoxy groups -OCH3 is 1. The molecule has 0 spiro atoms. The Hall–Kier alpha value is -1.97. The van der Waals surface area contributed by atoms with Crippen molar-refractivity contribution in [2.45, 2.75) is 50.7 Å². The van der Waals surface area contributed by atoms with Gasteiger partial charge in [-0.3, -0.25) is 4.79 Å². The second-order valence-corrected chi connectivity index (χ2v) is 6.65. The lowest BCUT2D eigenvalue weighted by Gasteiger charge is -2.30. The topological polar surface area (TPSA) is 44.8 Å². The van der Waals surface area contributed by atoms with Crippen LogP contribution in [0.1, 0.15) is 43.2 Å². The molecule has 2 heterocycles. The number of hydrogen-bond donors (Lipinski definition) is 0. The molecule has 3 aliphatic rings. The molecule has 122 valence electrons. The minimum absolute atomic E-state index is 0.0536. The van der Waals surface area contributed by atoms with Crippen LogP contribution in [0.4, 0.5) is 0 Å². The average molecular weight is 314 g/mol. The smallest absolute Gasteiger partial charge is 0.309 e. The first-order valence-corrected chi connectivity index (χ1v) is 8.50. The van der Waals surface area contributed by atoms with E-state index in [1.54, 1.807) is 7.11 Å². The van der Waals surface area contributed by atoms with Crippen molar-refractivity contribution in [1.82, 2.24) is 0 Å². The third-order valence-electron chi connectivity index (χ3n) is 4.88. The normalized spacial score (nSPS) is 25.6. The number of rotatable bonds is 3. The van der Waals surface area contributed by atoms with Crippen LogP contribution in [-0.4, -0.2) is 25.3 Å². The molecule has 0 aromatic heterocycles. The largest absolute Gasteiger partial charge is 0.493 e. The second kappa shape index (κ2) is 5.91. The molecule has 23 heavy (non-hydrogen) atoms. The highest BCUT2D eigenvalue weighted by molar-refractivity contribution is 5.75. The maximum absolute atomic E-state index is 12.0. The number of benzene rings is 1. The zero-order chi connectivity index (χ0) is 15.8. The lowest BCUT2D eigenvalue weighted by Crippen LogP contribution is -2.29. The van der Waals surface area contributed by atoms with E-state index in [1.165, 1.54) is 5.56 Å². The van der Waals surface area contributed by atoms with Crippen LogP contribution >= 0.6 is 0 Å². The van der Waals surface area contributed by atoms with Crippen molar-refractivity contribution in [2.75, 3.05) is 7.11 Å². The summed E-state index contributed by atoms with van der Waals surface area (Å²) < 4.78 is 17.4. The molecular formula is C19H22O4. The first-order valence-electron chi connectivity index (χ1n) is 8.50. The summed E-state index contributed by atoms with van der Waals surface area (Å²) in [6.07, 6.45) is 9.67. The van der Waals surface area contributed by atoms with E-state index in [-0.39, 0.29) is 24.1 Å². The highest BCUT2D eigenvalue weighted by Crippen LogP contribution is 2.40. The molecule has 1 aliphatic carbocycles. The molecule has 4 heteroatoms. The Morgan fingerprint density at radius 3 is 2.91 bits per heavy atom. The molecule has 1 aromatic rings. The summed E-state index contributed by atoms with van der Waals surface area (Å²) in [5.74, 6) is 1.68. The van der Waals surface area contributed by atoms with Crippen molar-refractivity contribution < 1.29 is 19.0 Å². The van der Waals surface area contributed by atoms with Gasteiger partial charge < -0.3 is 14.2 Å². The predicted octanol–water partition coefficient (Wildman–Crippen LogP) is 3.52. The summed E-state index contributed by atoms with van der Waals surface area (Å²) in [7, 11) is 1.67. The van der Waals surface area contributed by atoms with E-state index in [4.69, 9.17) is 14.2 Å². The van der Waals surface area contributed by atoms with Gasteiger partial charge in [-0.1, -0.05) is 12.1 Å². The van der Waals surface area contributed by atoms with Crippen LogP contribution in [-0.2, 0) is 16.0 Å². The van der Waals surface area contributed by atoms with E-state index >= 15 is 0 Å². The van der Waals surface area contributed by atoms with Crippen LogP contribution in [0.25, 0.3) is 6.08 Å². The van der Waals surface area contributed by atoms with E-state index < -0.39 is 0 Å². The Morgan fingerprint density at radius 2 is 2.13 bits per heavy atom. The number of esters is 1. The molecule has 2 atom stereocenters. The van der Waals surface area contributed by atoms with E-state index in [2.05, 4.69) is 6.07 Å². The van der Waals surface area contributed by atoms with Crippen LogP contribution in [0.15, 0.2) is 18.2 Å². The maximum atomic E-state index is 12.0. The summed E-state index contributed by atoms with van der Waals surface area (Å²) in [5.41, 5.74) is 2.34. The zero-order valence-corrected chi connectivity index (χ0v) is 13.4. The number of aryl methyl sites for hydroxylation is 1. The van der Waals surface area contributed by atoms with Crippen LogP contribution in [0.5, 0.6) is 11.5 Å². The van der Waals surface area contributed by atoms with Gasteiger partial charge in [0.1, 0.15) is 12.2 Å². The van der Waals surface area contributed by atoms with E-state index in [9.17, 15) is 4.79 Å². The van der Waals surface area contributed by atoms with Gasteiger partial charge in [0.25, 0.3) is 0 Å². The highest BCUT2D eigenvalue weighted by Gasteiger charge is 2.34. The van der Waals surface area contributed by atoms with E-state index in [1.807, 2.05) is 18.2 Å². The minimum Gasteiger partial charge on any atom is -0.493 e. The third kappa shape index (κ3) is 2.94. The van der Waals surface area contributed by atoms with Gasteiger partial charge in [-0.25, -0.2) is 0 Å². The fourth-order valence-corrected chi connectivity index (χ4v) is 3.41. The summed E-state index contributed by atoms with van der Waals surface area (Å²) in [6.45, 7) is 0. The van der Waals surface area contributed by atoms with Crippen LogP contribution < -0.4 is 9.47 Å². The van der Waals surface area contributed by atoms with Crippen LogP contribution in [0, 0.1) is 5.92 Å². The SMILES string of the molecule is COc1ccc2c3c1OC(CCC2)C[C@@H](OC(=O)C1CC1)C=C3. The molecule has 1 unspecified atom stereocenters. The lowest BCUT2D eigenvalue weighted by atomic mass is 9.93. The van der Waals surface area contributed by atoms with Crippen molar-refractivity contribution >= 4 is 12.0 Å². The van der Waals surface area contributed by atoms with Gasteiger partial charge in [0.2, 0.25) is 0 Å². The van der Waals surface area contributed by atoms with Gasteiger partial charge in [-0.05, 0) is 49.8 Å². The van der Waals surface area contributed by atoms with Gasteiger partial charge in [0.05, 0.1) is 13.0 Å². The fourth-order valence-electron chi connectivity index (χ4n) is 3.41. The number of carbonyl (C=O) groups excluding carboxylic acids is 1. The van der Waals surface area contributed by atoms with Crippen molar-refractivity contribution in [2.24, 2.45) is 5.92 Å². The van der Waals surface area contributed by atoms with E-state index in [0.29, 0.717) is 6.42 Å². The molecule has 4 bridgehead atoms. The number of fused-ring (bicyclic) bond motifs is 1. The molecule has 0 radical (unpaired) electrons. The Labute approximate surface area is 136 Å². The van der Waals surface area contributed by atoms with Crippen LogP contribution in [0.2, 0.25) is 0 Å². The number of hydrogen-bond acceptors (Lipinski definition) is 4. The molecule has 0 saturated heterocycles. The monoisotopic (exact) mass is 314 g/mol. The van der Waals surface area contributed by atoms with E-state index in [0.717, 1.165) is 49.2 Å². The van der Waals surface area contributed by atoms with Crippen molar-refractivity contribution in [1.29, 1.82) is 0 Å². The molecular weight excluding hydrogens is 292 g/mol. The Morgan fingerprint density at radius 1 is 1.26 bits per heavy atom. The van der Waals surface area contributed by atoms with Crippen LogP contribution in [0.3, 0.4) is 0 Å². The standard InChI is InChI=1S/C19H22O4/c1-21-17-10-7-12-3-2-4-14-11-15(23-19(20)13-5-6-13)8-9-16(12)18(17)22-14/h7-10,13-15H,2-6,11H2,1H3/t14?,15-/m0/s1. The minimum atomic E-state index is -0.196. The fraction of sp³-hybridized carbons (Fsp3) is 0.526. The zero-order valence-electron chi connectivity index (χ0n) is 13.4. The maximum Gasteiger partial charge on any atom is 0.309 e. The van der Waals surface area contributed by atoms with Crippen molar-refractivity contribution in [3.8, 4) is 11.5 Å². The highest BCUT2D eigenvalue weighted by atomic mass is 16.6. The second-order valence-electron chi connectivity index (χ2n) is 6.65. The Balaban J connectivity index is 1.68. The van der Waals surface area contributed by atoms with Gasteiger partial charge in [0, 0.05) is 12.0 Å². The molecule has 1 fully saturated rings. The predicted molar refractivity (Wildman–Crippen MR) is 86.6 cm³/mol. The molecule has 4 nitrogen and oxygen atoms in total. The van der Waals surface area contributed by atoms with Crippen molar-refractivity contribution in [3.63, 3.8) is 0 Å².